The van der Waals surface area contributed by atoms with Crippen molar-refractivity contribution < 1.29 is 28.9 Å². The smallest absolute Gasteiger partial charge is 0.328 e. The zero-order valence-corrected chi connectivity index (χ0v) is 26.0. The zero-order valence-electron chi connectivity index (χ0n) is 25.2. The number of aliphatic hydroxyl groups excluding tert-OH is 1. The van der Waals surface area contributed by atoms with Gasteiger partial charge in [0.1, 0.15) is 6.04 Å². The predicted octanol–water partition coefficient (Wildman–Crippen LogP) is 4.19. The fourth-order valence-electron chi connectivity index (χ4n) is 5.08. The molecule has 0 bridgehead atoms. The lowest BCUT2D eigenvalue weighted by Crippen LogP contribution is -2.45. The molecule has 3 N–H and O–H groups in total. The molecule has 0 saturated carbocycles. The van der Waals surface area contributed by atoms with Crippen molar-refractivity contribution in [3.63, 3.8) is 0 Å². The van der Waals surface area contributed by atoms with E-state index in [9.17, 15) is 14.7 Å². The Morgan fingerprint density at radius 2 is 1.80 bits per heavy atom. The number of urea groups is 1. The van der Waals surface area contributed by atoms with Crippen LogP contribution in [-0.4, -0.2) is 62.3 Å². The first-order valence-corrected chi connectivity index (χ1v) is 15.5. The predicted molar refractivity (Wildman–Crippen MR) is 167 cm³/mol. The molecule has 13 heteroatoms. The zero-order chi connectivity index (χ0) is 31.8. The summed E-state index contributed by atoms with van der Waals surface area (Å²) in [5, 5.41) is 27.4. The van der Waals surface area contributed by atoms with Crippen LogP contribution in [0.15, 0.2) is 84.0 Å². The number of thioether (sulfide) groups is 1. The van der Waals surface area contributed by atoms with E-state index in [-0.39, 0.29) is 31.2 Å². The highest BCUT2D eigenvalue weighted by Gasteiger charge is 2.38. The molecule has 1 saturated heterocycles. The van der Waals surface area contributed by atoms with Gasteiger partial charge in [-0.1, -0.05) is 85.4 Å². The van der Waals surface area contributed by atoms with Crippen molar-refractivity contribution in [2.45, 2.75) is 49.6 Å². The second kappa shape index (κ2) is 15.1. The number of tetrazole rings is 1. The van der Waals surface area contributed by atoms with Gasteiger partial charge in [0.15, 0.2) is 6.29 Å². The van der Waals surface area contributed by atoms with Crippen molar-refractivity contribution in [3.8, 4) is 0 Å². The number of amides is 2. The van der Waals surface area contributed by atoms with Gasteiger partial charge in [0, 0.05) is 36.4 Å². The molecule has 1 fully saturated rings. The topological polar surface area (TPSA) is 150 Å². The quantitative estimate of drug-likeness (QED) is 0.162. The highest BCUT2D eigenvalue weighted by atomic mass is 32.2. The Balaban J connectivity index is 1.32. The number of anilines is 1. The summed E-state index contributed by atoms with van der Waals surface area (Å²) < 4.78 is 19.6. The van der Waals surface area contributed by atoms with Crippen LogP contribution in [0.4, 0.5) is 10.5 Å². The number of rotatable bonds is 11. The van der Waals surface area contributed by atoms with Crippen molar-refractivity contribution in [1.29, 1.82) is 0 Å². The molecule has 2 amide bonds. The largest absolute Gasteiger partial charge is 0.467 e. The Morgan fingerprint density at radius 1 is 1.02 bits per heavy atom. The van der Waals surface area contributed by atoms with Gasteiger partial charge in [0.05, 0.1) is 25.9 Å². The SMILES string of the molecule is COC(=O)C(Cc1ccccc1)NC(=O)Nc1cccc(C2OC(CSc3nnnn3C)C(C)C(c3ccc(CO)cc3)O2)c1. The van der Waals surface area contributed by atoms with Crippen LogP contribution in [0.1, 0.15) is 41.6 Å². The number of aromatic nitrogens is 4. The molecule has 0 spiro atoms. The second-order valence-electron chi connectivity index (χ2n) is 10.7. The number of nitrogens with one attached hydrogen (secondary N) is 2. The number of methoxy groups -OCH3 is 1. The van der Waals surface area contributed by atoms with Crippen LogP contribution in [0.2, 0.25) is 0 Å². The van der Waals surface area contributed by atoms with E-state index in [2.05, 4.69) is 33.1 Å². The minimum atomic E-state index is -0.868. The summed E-state index contributed by atoms with van der Waals surface area (Å²) in [6.45, 7) is 2.04. The van der Waals surface area contributed by atoms with Crippen LogP contribution >= 0.6 is 11.8 Å². The molecule has 236 valence electrons. The van der Waals surface area contributed by atoms with Crippen molar-refractivity contribution in [1.82, 2.24) is 25.5 Å². The standard InChI is InChI=1S/C32H36N6O6S/c1-20-27(19-45-32-35-36-37-38(32)2)43-30(44-28(20)23-14-12-22(18-39)13-15-23)24-10-7-11-25(17-24)33-31(41)34-26(29(40)42-3)16-21-8-5-4-6-9-21/h4-15,17,20,26-28,30,39H,16,18-19H2,1-3H3,(H2,33,34,41). The van der Waals surface area contributed by atoms with E-state index < -0.39 is 24.3 Å². The number of hydrogen-bond acceptors (Lipinski definition) is 10. The lowest BCUT2D eigenvalue weighted by molar-refractivity contribution is -0.268. The summed E-state index contributed by atoms with van der Waals surface area (Å²) in [6, 6.07) is 22.9. The highest BCUT2D eigenvalue weighted by molar-refractivity contribution is 7.99. The number of carbonyl (C=O) groups is 2. The average Bonchev–Trinajstić information content (AvgIpc) is 3.48. The van der Waals surface area contributed by atoms with E-state index in [0.29, 0.717) is 22.2 Å². The van der Waals surface area contributed by atoms with Crippen LogP contribution in [0, 0.1) is 5.92 Å². The summed E-state index contributed by atoms with van der Waals surface area (Å²) in [7, 11) is 3.08. The summed E-state index contributed by atoms with van der Waals surface area (Å²) in [5.74, 6) is 0.0127. The van der Waals surface area contributed by atoms with Gasteiger partial charge < -0.3 is 30.0 Å². The molecule has 2 heterocycles. The first kappa shape index (κ1) is 32.1. The van der Waals surface area contributed by atoms with E-state index in [1.54, 1.807) is 29.9 Å². The Hall–Kier alpha value is -4.30. The van der Waals surface area contributed by atoms with Gasteiger partial charge >= 0.3 is 12.0 Å². The summed E-state index contributed by atoms with van der Waals surface area (Å²) >= 11 is 1.50. The maximum Gasteiger partial charge on any atom is 0.328 e. The Morgan fingerprint density at radius 3 is 2.49 bits per heavy atom. The minimum absolute atomic E-state index is 0.0260. The number of aryl methyl sites for hydroxylation is 1. The molecule has 5 atom stereocenters. The Bertz CT molecular complexity index is 1570. The summed E-state index contributed by atoms with van der Waals surface area (Å²) in [6.07, 6.45) is -0.990. The Kier molecular flexibility index (Phi) is 10.8. The molecule has 0 aliphatic carbocycles. The van der Waals surface area contributed by atoms with E-state index in [1.807, 2.05) is 60.7 Å². The van der Waals surface area contributed by atoms with Gasteiger partial charge in [-0.3, -0.25) is 0 Å². The third-order valence-corrected chi connectivity index (χ3v) is 8.67. The molecule has 1 aliphatic heterocycles. The number of benzene rings is 3. The van der Waals surface area contributed by atoms with Crippen molar-refractivity contribution >= 4 is 29.4 Å². The maximum atomic E-state index is 13.0. The molecular formula is C32H36N6O6S. The number of ether oxygens (including phenoxy) is 3. The van der Waals surface area contributed by atoms with E-state index in [4.69, 9.17) is 14.2 Å². The average molecular weight is 633 g/mol. The van der Waals surface area contributed by atoms with E-state index in [0.717, 1.165) is 16.7 Å². The molecule has 5 rings (SSSR count). The first-order chi connectivity index (χ1) is 21.8. The lowest BCUT2D eigenvalue weighted by atomic mass is 9.91. The molecule has 45 heavy (non-hydrogen) atoms. The summed E-state index contributed by atoms with van der Waals surface area (Å²) in [4.78, 5) is 25.4. The molecule has 12 nitrogen and oxygen atoms in total. The minimum Gasteiger partial charge on any atom is -0.467 e. The maximum absolute atomic E-state index is 13.0. The van der Waals surface area contributed by atoms with Crippen molar-refractivity contribution in [2.75, 3.05) is 18.2 Å². The lowest BCUT2D eigenvalue weighted by Gasteiger charge is -2.41. The molecule has 3 aromatic carbocycles. The molecule has 1 aromatic heterocycles. The van der Waals surface area contributed by atoms with Crippen LogP contribution in [0.25, 0.3) is 0 Å². The first-order valence-electron chi connectivity index (χ1n) is 14.5. The number of nitrogens with zero attached hydrogens (tertiary/aromatic N) is 4. The fraction of sp³-hybridized carbons (Fsp3) is 0.344. The third-order valence-electron chi connectivity index (χ3n) is 7.57. The normalized spacial score (nSPS) is 20.3. The van der Waals surface area contributed by atoms with Gasteiger partial charge in [-0.15, -0.1) is 5.10 Å². The highest BCUT2D eigenvalue weighted by Crippen LogP contribution is 2.43. The van der Waals surface area contributed by atoms with E-state index >= 15 is 0 Å². The molecule has 1 aliphatic rings. The monoisotopic (exact) mass is 632 g/mol. The number of esters is 1. The van der Waals surface area contributed by atoms with Crippen LogP contribution in [0.3, 0.4) is 0 Å². The van der Waals surface area contributed by atoms with Crippen LogP contribution < -0.4 is 10.6 Å². The van der Waals surface area contributed by atoms with E-state index in [1.165, 1.54) is 18.9 Å². The van der Waals surface area contributed by atoms with Gasteiger partial charge in [-0.05, 0) is 39.2 Å². The number of hydrogen-bond donors (Lipinski definition) is 3. The Labute approximate surface area is 265 Å². The second-order valence-corrected chi connectivity index (χ2v) is 11.7. The van der Waals surface area contributed by atoms with Crippen molar-refractivity contribution in [3.05, 3.63) is 101 Å². The third kappa shape index (κ3) is 8.25. The fourth-order valence-corrected chi connectivity index (χ4v) is 6.10. The van der Waals surface area contributed by atoms with Gasteiger partial charge in [-0.25, -0.2) is 14.3 Å². The molecule has 5 unspecified atom stereocenters. The van der Waals surface area contributed by atoms with Crippen molar-refractivity contribution in [2.24, 2.45) is 13.0 Å². The number of carbonyl (C=O) groups excluding carboxylic acids is 2. The number of aliphatic hydroxyl groups is 1. The van der Waals surface area contributed by atoms with Gasteiger partial charge in [0.2, 0.25) is 5.16 Å². The van der Waals surface area contributed by atoms with Gasteiger partial charge in [0.25, 0.3) is 0 Å². The molecule has 0 radical (unpaired) electrons. The van der Waals surface area contributed by atoms with Gasteiger partial charge in [-0.2, -0.15) is 0 Å². The van der Waals surface area contributed by atoms with Crippen LogP contribution in [0.5, 0.6) is 0 Å². The summed E-state index contributed by atoms with van der Waals surface area (Å²) in [5.41, 5.74) is 3.87. The molecule has 4 aromatic rings. The molecular weight excluding hydrogens is 596 g/mol. The van der Waals surface area contributed by atoms with Crippen LogP contribution in [-0.2, 0) is 39.1 Å².